The summed E-state index contributed by atoms with van der Waals surface area (Å²) in [5.74, 6) is 1.17. The maximum atomic E-state index is 12.4. The van der Waals surface area contributed by atoms with E-state index in [1.54, 1.807) is 37.3 Å². The van der Waals surface area contributed by atoms with Gasteiger partial charge in [-0.3, -0.25) is 9.59 Å². The van der Waals surface area contributed by atoms with Crippen molar-refractivity contribution in [3.05, 3.63) is 42.5 Å². The van der Waals surface area contributed by atoms with Crippen molar-refractivity contribution in [1.29, 1.82) is 0 Å². The van der Waals surface area contributed by atoms with E-state index in [9.17, 15) is 9.59 Å². The van der Waals surface area contributed by atoms with Crippen LogP contribution in [0.1, 0.15) is 6.92 Å². The molecule has 2 aromatic carbocycles. The molecular formula is C18H16N2O5. The molecule has 4 rings (SSSR count). The van der Waals surface area contributed by atoms with Gasteiger partial charge in [-0.05, 0) is 37.3 Å². The standard InChI is InChI=1S/C18H16N2O5/c1-10-17(21)20-12-8-11(6-7-13(12)24-10)19-18(22)16-9-23-14-4-2-3-5-15(14)25-16/h2-8,10,16H,9H2,1H3,(H,19,22)(H,20,21)/t10-,16+/m1/s1. The molecule has 2 aliphatic rings. The highest BCUT2D eigenvalue weighted by Gasteiger charge is 2.28. The molecule has 7 nitrogen and oxygen atoms in total. The molecule has 0 fully saturated rings. The number of amides is 2. The molecule has 0 saturated heterocycles. The molecule has 2 atom stereocenters. The van der Waals surface area contributed by atoms with Crippen molar-refractivity contribution in [3.8, 4) is 17.2 Å². The smallest absolute Gasteiger partial charge is 0.269 e. The van der Waals surface area contributed by atoms with Gasteiger partial charge < -0.3 is 24.8 Å². The predicted octanol–water partition coefficient (Wildman–Crippen LogP) is 2.18. The average molecular weight is 340 g/mol. The van der Waals surface area contributed by atoms with Crippen molar-refractivity contribution in [2.45, 2.75) is 19.1 Å². The first-order valence-electron chi connectivity index (χ1n) is 7.91. The van der Waals surface area contributed by atoms with E-state index in [1.807, 2.05) is 12.1 Å². The second-order valence-electron chi connectivity index (χ2n) is 5.81. The molecule has 0 bridgehead atoms. The summed E-state index contributed by atoms with van der Waals surface area (Å²) in [6.07, 6.45) is -1.29. The van der Waals surface area contributed by atoms with Crippen molar-refractivity contribution >= 4 is 23.2 Å². The van der Waals surface area contributed by atoms with E-state index in [0.717, 1.165) is 0 Å². The molecule has 2 aromatic rings. The fourth-order valence-corrected chi connectivity index (χ4v) is 2.66. The van der Waals surface area contributed by atoms with E-state index in [1.165, 1.54) is 0 Å². The van der Waals surface area contributed by atoms with Gasteiger partial charge in [-0.15, -0.1) is 0 Å². The maximum absolute atomic E-state index is 12.4. The Balaban J connectivity index is 1.47. The van der Waals surface area contributed by atoms with E-state index in [4.69, 9.17) is 14.2 Å². The van der Waals surface area contributed by atoms with E-state index >= 15 is 0 Å². The first kappa shape index (κ1) is 15.3. The molecule has 0 radical (unpaired) electrons. The molecule has 0 aromatic heterocycles. The van der Waals surface area contributed by atoms with Crippen LogP contribution in [-0.4, -0.2) is 30.6 Å². The first-order chi connectivity index (χ1) is 12.1. The largest absolute Gasteiger partial charge is 0.485 e. The van der Waals surface area contributed by atoms with Gasteiger partial charge in [0.15, 0.2) is 17.6 Å². The van der Waals surface area contributed by atoms with Crippen LogP contribution in [0.2, 0.25) is 0 Å². The first-order valence-corrected chi connectivity index (χ1v) is 7.91. The molecule has 2 aliphatic heterocycles. The van der Waals surface area contributed by atoms with Gasteiger partial charge in [0.25, 0.3) is 11.8 Å². The van der Waals surface area contributed by atoms with E-state index in [2.05, 4.69) is 10.6 Å². The number of benzene rings is 2. The lowest BCUT2D eigenvalue weighted by molar-refractivity contribution is -0.125. The quantitative estimate of drug-likeness (QED) is 0.875. The molecule has 0 aliphatic carbocycles. The molecule has 0 unspecified atom stereocenters. The Hall–Kier alpha value is -3.22. The number of ether oxygens (including phenoxy) is 3. The third-order valence-electron chi connectivity index (χ3n) is 3.98. The summed E-state index contributed by atoms with van der Waals surface area (Å²) >= 11 is 0. The zero-order valence-electron chi connectivity index (χ0n) is 13.4. The number of hydrogen-bond acceptors (Lipinski definition) is 5. The molecule has 2 amide bonds. The van der Waals surface area contributed by atoms with Gasteiger partial charge in [-0.25, -0.2) is 0 Å². The van der Waals surface area contributed by atoms with E-state index in [-0.39, 0.29) is 18.4 Å². The maximum Gasteiger partial charge on any atom is 0.269 e. The highest BCUT2D eigenvalue weighted by atomic mass is 16.6. The minimum absolute atomic E-state index is 0.130. The van der Waals surface area contributed by atoms with Gasteiger partial charge in [0.2, 0.25) is 6.10 Å². The van der Waals surface area contributed by atoms with Crippen molar-refractivity contribution in [2.75, 3.05) is 17.2 Å². The highest BCUT2D eigenvalue weighted by Crippen LogP contribution is 2.33. The lowest BCUT2D eigenvalue weighted by atomic mass is 10.2. The number of fused-ring (bicyclic) bond motifs is 2. The number of para-hydroxylation sites is 2. The summed E-state index contributed by atoms with van der Waals surface area (Å²) in [5, 5.41) is 5.51. The Bertz CT molecular complexity index is 851. The number of carbonyl (C=O) groups is 2. The molecule has 0 saturated carbocycles. The summed E-state index contributed by atoms with van der Waals surface area (Å²) in [7, 11) is 0. The van der Waals surface area contributed by atoms with E-state index in [0.29, 0.717) is 28.6 Å². The van der Waals surface area contributed by atoms with Crippen LogP contribution in [0.15, 0.2) is 42.5 Å². The van der Waals surface area contributed by atoms with Gasteiger partial charge in [0.05, 0.1) is 5.69 Å². The van der Waals surface area contributed by atoms with Crippen LogP contribution in [0.4, 0.5) is 11.4 Å². The summed E-state index contributed by atoms with van der Waals surface area (Å²) < 4.78 is 16.7. The van der Waals surface area contributed by atoms with Crippen LogP contribution in [0, 0.1) is 0 Å². The fraction of sp³-hybridized carbons (Fsp3) is 0.222. The second-order valence-corrected chi connectivity index (χ2v) is 5.81. The Morgan fingerprint density at radius 1 is 1.12 bits per heavy atom. The highest BCUT2D eigenvalue weighted by molar-refractivity contribution is 6.00. The monoisotopic (exact) mass is 340 g/mol. The third kappa shape index (κ3) is 2.96. The Morgan fingerprint density at radius 2 is 1.92 bits per heavy atom. The van der Waals surface area contributed by atoms with Gasteiger partial charge in [0.1, 0.15) is 12.4 Å². The summed E-state index contributed by atoms with van der Waals surface area (Å²) in [6.45, 7) is 1.80. The lowest BCUT2D eigenvalue weighted by Crippen LogP contribution is -2.40. The van der Waals surface area contributed by atoms with Gasteiger partial charge >= 0.3 is 0 Å². The van der Waals surface area contributed by atoms with Crippen molar-refractivity contribution < 1.29 is 23.8 Å². The molecule has 25 heavy (non-hydrogen) atoms. The summed E-state index contributed by atoms with van der Waals surface area (Å²) in [6, 6.07) is 12.3. The summed E-state index contributed by atoms with van der Waals surface area (Å²) in [5.41, 5.74) is 1.05. The Kier molecular flexibility index (Phi) is 3.68. The number of rotatable bonds is 2. The third-order valence-corrected chi connectivity index (χ3v) is 3.98. The Labute approximate surface area is 143 Å². The summed E-state index contributed by atoms with van der Waals surface area (Å²) in [4.78, 5) is 24.1. The van der Waals surface area contributed by atoms with Gasteiger partial charge in [-0.1, -0.05) is 12.1 Å². The van der Waals surface area contributed by atoms with Crippen LogP contribution in [-0.2, 0) is 9.59 Å². The van der Waals surface area contributed by atoms with Crippen LogP contribution >= 0.6 is 0 Å². The molecule has 2 heterocycles. The van der Waals surface area contributed by atoms with Crippen LogP contribution in [0.5, 0.6) is 17.2 Å². The minimum atomic E-state index is -0.753. The van der Waals surface area contributed by atoms with Crippen LogP contribution < -0.4 is 24.8 Å². The minimum Gasteiger partial charge on any atom is -0.485 e. The molecule has 128 valence electrons. The number of nitrogens with one attached hydrogen (secondary N) is 2. The van der Waals surface area contributed by atoms with Crippen molar-refractivity contribution in [2.24, 2.45) is 0 Å². The van der Waals surface area contributed by atoms with Crippen molar-refractivity contribution in [3.63, 3.8) is 0 Å². The number of anilines is 2. The van der Waals surface area contributed by atoms with Crippen LogP contribution in [0.25, 0.3) is 0 Å². The van der Waals surface area contributed by atoms with Crippen LogP contribution in [0.3, 0.4) is 0 Å². The SMILES string of the molecule is C[C@H]1Oc2ccc(NC(=O)[C@@H]3COc4ccccc4O3)cc2NC1=O. The second kappa shape index (κ2) is 6.01. The number of hydrogen-bond donors (Lipinski definition) is 2. The zero-order valence-corrected chi connectivity index (χ0v) is 13.4. The lowest BCUT2D eigenvalue weighted by Gasteiger charge is -2.26. The normalized spacial score (nSPS) is 20.8. The molecule has 0 spiro atoms. The topological polar surface area (TPSA) is 85.9 Å². The molecule has 2 N–H and O–H groups in total. The molecule has 7 heteroatoms. The zero-order chi connectivity index (χ0) is 17.4. The molecular weight excluding hydrogens is 324 g/mol. The number of carbonyl (C=O) groups excluding carboxylic acids is 2. The van der Waals surface area contributed by atoms with Gasteiger partial charge in [0, 0.05) is 5.69 Å². The predicted molar refractivity (Wildman–Crippen MR) is 90.1 cm³/mol. The van der Waals surface area contributed by atoms with Gasteiger partial charge in [-0.2, -0.15) is 0 Å². The Morgan fingerprint density at radius 3 is 2.76 bits per heavy atom. The van der Waals surface area contributed by atoms with Crippen molar-refractivity contribution in [1.82, 2.24) is 0 Å². The average Bonchev–Trinajstić information content (AvgIpc) is 2.62. The fourth-order valence-electron chi connectivity index (χ4n) is 2.66. The van der Waals surface area contributed by atoms with E-state index < -0.39 is 12.2 Å².